The smallest absolute Gasteiger partial charge is 0.267 e. The highest BCUT2D eigenvalue weighted by Crippen LogP contribution is 2.34. The molecule has 1 aromatic carbocycles. The number of hydrogen-bond donors (Lipinski definition) is 1. The van der Waals surface area contributed by atoms with Crippen molar-refractivity contribution in [2.45, 2.75) is 6.92 Å². The van der Waals surface area contributed by atoms with E-state index in [9.17, 15) is 4.79 Å². The van der Waals surface area contributed by atoms with E-state index in [1.807, 2.05) is 30.5 Å². The summed E-state index contributed by atoms with van der Waals surface area (Å²) in [5.41, 5.74) is 1.85. The molecule has 0 unspecified atom stereocenters. The monoisotopic (exact) mass is 331 g/mol. The summed E-state index contributed by atoms with van der Waals surface area (Å²) in [5, 5.41) is 6.39. The van der Waals surface area contributed by atoms with E-state index in [4.69, 9.17) is 0 Å². The number of aryl methyl sites for hydroxylation is 1. The predicted octanol–water partition coefficient (Wildman–Crippen LogP) is 4.53. The third kappa shape index (κ3) is 2.23. The second-order valence-electron chi connectivity index (χ2n) is 4.44. The van der Waals surface area contributed by atoms with Crippen molar-refractivity contribution < 1.29 is 4.79 Å². The van der Waals surface area contributed by atoms with Crippen LogP contribution in [0.25, 0.3) is 20.4 Å². The zero-order valence-corrected chi connectivity index (χ0v) is 13.4. The molecule has 0 spiro atoms. The first kappa shape index (κ1) is 12.9. The number of nitrogens with zero attached hydrogens (tertiary/aromatic N) is 2. The van der Waals surface area contributed by atoms with Gasteiger partial charge in [0.15, 0.2) is 5.13 Å². The van der Waals surface area contributed by atoms with E-state index in [-0.39, 0.29) is 5.91 Å². The number of hydrogen-bond acceptors (Lipinski definition) is 6. The maximum atomic E-state index is 12.1. The fourth-order valence-corrected chi connectivity index (χ4v) is 4.58. The Morgan fingerprint density at radius 2 is 2.10 bits per heavy atom. The van der Waals surface area contributed by atoms with Crippen LogP contribution < -0.4 is 5.32 Å². The zero-order valence-electron chi connectivity index (χ0n) is 10.9. The van der Waals surface area contributed by atoms with Gasteiger partial charge in [-0.25, -0.2) is 9.97 Å². The third-order valence-corrected chi connectivity index (χ3v) is 5.78. The second-order valence-corrected chi connectivity index (χ2v) is 7.63. The van der Waals surface area contributed by atoms with E-state index in [2.05, 4.69) is 15.3 Å². The summed E-state index contributed by atoms with van der Waals surface area (Å²) in [6, 6.07) is 7.67. The molecule has 21 heavy (non-hydrogen) atoms. The SMILES string of the molecule is Cc1nc2c(ccc3nc(NC(=O)c4cccs4)sc32)s1. The molecule has 0 aliphatic rings. The maximum absolute atomic E-state index is 12.1. The molecule has 1 N–H and O–H groups in total. The normalized spacial score (nSPS) is 11.3. The molecule has 0 saturated heterocycles. The van der Waals surface area contributed by atoms with Crippen molar-refractivity contribution in [3.63, 3.8) is 0 Å². The summed E-state index contributed by atoms with van der Waals surface area (Å²) >= 11 is 4.56. The minimum atomic E-state index is -0.116. The molecule has 4 nitrogen and oxygen atoms in total. The van der Waals surface area contributed by atoms with E-state index in [1.165, 1.54) is 22.7 Å². The second kappa shape index (κ2) is 4.87. The van der Waals surface area contributed by atoms with Crippen LogP contribution in [0.15, 0.2) is 29.6 Å². The van der Waals surface area contributed by atoms with Crippen molar-refractivity contribution in [2.24, 2.45) is 0 Å². The van der Waals surface area contributed by atoms with Gasteiger partial charge in [0.05, 0.1) is 24.8 Å². The van der Waals surface area contributed by atoms with Gasteiger partial charge in [-0.3, -0.25) is 10.1 Å². The highest BCUT2D eigenvalue weighted by atomic mass is 32.1. The van der Waals surface area contributed by atoms with E-state index in [0.29, 0.717) is 10.0 Å². The number of carbonyl (C=O) groups excluding carboxylic acids is 1. The zero-order chi connectivity index (χ0) is 14.4. The Balaban J connectivity index is 1.76. The minimum Gasteiger partial charge on any atom is -0.297 e. The van der Waals surface area contributed by atoms with Crippen LogP contribution in [0.4, 0.5) is 5.13 Å². The Labute approximate surface area is 132 Å². The molecule has 7 heteroatoms. The quantitative estimate of drug-likeness (QED) is 0.587. The lowest BCUT2D eigenvalue weighted by Crippen LogP contribution is -2.09. The lowest BCUT2D eigenvalue weighted by molar-refractivity contribution is 0.103. The van der Waals surface area contributed by atoms with Gasteiger partial charge in [0.25, 0.3) is 5.91 Å². The molecule has 0 bridgehead atoms. The first-order valence-electron chi connectivity index (χ1n) is 6.22. The van der Waals surface area contributed by atoms with Gasteiger partial charge in [0, 0.05) is 0 Å². The van der Waals surface area contributed by atoms with Crippen LogP contribution in [0.3, 0.4) is 0 Å². The number of thiazole rings is 2. The number of anilines is 1. The van der Waals surface area contributed by atoms with Crippen molar-refractivity contribution in [1.82, 2.24) is 9.97 Å². The average Bonchev–Trinajstić information content (AvgIpc) is 3.14. The molecule has 0 radical (unpaired) electrons. The number of carbonyl (C=O) groups is 1. The summed E-state index contributed by atoms with van der Waals surface area (Å²) in [6.45, 7) is 2.00. The first-order valence-corrected chi connectivity index (χ1v) is 8.73. The lowest BCUT2D eigenvalue weighted by Gasteiger charge is -1.96. The summed E-state index contributed by atoms with van der Waals surface area (Å²) in [7, 11) is 0. The Kier molecular flexibility index (Phi) is 2.99. The van der Waals surface area contributed by atoms with Crippen molar-refractivity contribution in [3.8, 4) is 0 Å². The van der Waals surface area contributed by atoms with Gasteiger partial charge in [-0.1, -0.05) is 17.4 Å². The van der Waals surface area contributed by atoms with Gasteiger partial charge in [-0.15, -0.1) is 22.7 Å². The van der Waals surface area contributed by atoms with E-state index >= 15 is 0 Å². The number of thiophene rings is 1. The summed E-state index contributed by atoms with van der Waals surface area (Å²) < 4.78 is 2.18. The average molecular weight is 331 g/mol. The van der Waals surface area contributed by atoms with E-state index in [1.54, 1.807) is 17.4 Å². The van der Waals surface area contributed by atoms with Crippen LogP contribution in [0.1, 0.15) is 14.7 Å². The standard InChI is InChI=1S/C14H9N3OS3/c1-7-15-11-9(20-7)5-4-8-12(11)21-14(16-8)17-13(18)10-3-2-6-19-10/h2-6H,1H3,(H,16,17,18). The van der Waals surface area contributed by atoms with Crippen LogP contribution >= 0.6 is 34.0 Å². The summed E-state index contributed by atoms with van der Waals surface area (Å²) in [6.07, 6.45) is 0. The van der Waals surface area contributed by atoms with Crippen molar-refractivity contribution in [1.29, 1.82) is 0 Å². The highest BCUT2D eigenvalue weighted by Gasteiger charge is 2.13. The van der Waals surface area contributed by atoms with Crippen molar-refractivity contribution >= 4 is 65.5 Å². The van der Waals surface area contributed by atoms with Gasteiger partial charge in [0.2, 0.25) is 0 Å². The van der Waals surface area contributed by atoms with Crippen LogP contribution in [-0.2, 0) is 0 Å². The number of benzene rings is 1. The molecule has 0 atom stereocenters. The molecule has 0 fully saturated rings. The number of aromatic nitrogens is 2. The third-order valence-electron chi connectivity index (χ3n) is 2.99. The Bertz CT molecular complexity index is 953. The number of amides is 1. The molecule has 3 aromatic heterocycles. The summed E-state index contributed by atoms with van der Waals surface area (Å²) in [4.78, 5) is 21.8. The van der Waals surface area contributed by atoms with Crippen molar-refractivity contribution in [3.05, 3.63) is 39.5 Å². The van der Waals surface area contributed by atoms with E-state index < -0.39 is 0 Å². The molecule has 4 rings (SSSR count). The topological polar surface area (TPSA) is 54.9 Å². The van der Waals surface area contributed by atoms with Crippen molar-refractivity contribution in [2.75, 3.05) is 5.32 Å². The number of fused-ring (bicyclic) bond motifs is 3. The molecule has 104 valence electrons. The number of rotatable bonds is 2. The molecular formula is C14H9N3OS3. The van der Waals surface area contributed by atoms with Crippen LogP contribution in [-0.4, -0.2) is 15.9 Å². The fourth-order valence-electron chi connectivity index (χ4n) is 2.11. The maximum Gasteiger partial charge on any atom is 0.267 e. The minimum absolute atomic E-state index is 0.116. The largest absolute Gasteiger partial charge is 0.297 e. The van der Waals surface area contributed by atoms with Gasteiger partial charge < -0.3 is 0 Å². The molecular weight excluding hydrogens is 322 g/mol. The number of nitrogens with one attached hydrogen (secondary N) is 1. The van der Waals surface area contributed by atoms with Crippen LogP contribution in [0.2, 0.25) is 0 Å². The van der Waals surface area contributed by atoms with E-state index in [0.717, 1.165) is 25.4 Å². The molecule has 1 amide bonds. The summed E-state index contributed by atoms with van der Waals surface area (Å²) in [5.74, 6) is -0.116. The van der Waals surface area contributed by atoms with Gasteiger partial charge >= 0.3 is 0 Å². The Morgan fingerprint density at radius 3 is 2.90 bits per heavy atom. The Hall–Kier alpha value is -1.83. The molecule has 0 saturated carbocycles. The molecule has 0 aliphatic carbocycles. The van der Waals surface area contributed by atoms with Gasteiger partial charge in [0.1, 0.15) is 5.52 Å². The first-order chi connectivity index (χ1) is 10.2. The predicted molar refractivity (Wildman–Crippen MR) is 89.8 cm³/mol. The van der Waals surface area contributed by atoms with Gasteiger partial charge in [-0.2, -0.15) is 0 Å². The Morgan fingerprint density at radius 1 is 1.19 bits per heavy atom. The van der Waals surface area contributed by atoms with Crippen LogP contribution in [0.5, 0.6) is 0 Å². The highest BCUT2D eigenvalue weighted by molar-refractivity contribution is 7.24. The van der Waals surface area contributed by atoms with Crippen LogP contribution in [0, 0.1) is 6.92 Å². The molecule has 0 aliphatic heterocycles. The molecule has 4 aromatic rings. The lowest BCUT2D eigenvalue weighted by atomic mass is 10.3. The fraction of sp³-hybridized carbons (Fsp3) is 0.0714. The van der Waals surface area contributed by atoms with Gasteiger partial charge in [-0.05, 0) is 30.5 Å². The molecule has 3 heterocycles.